The predicted molar refractivity (Wildman–Crippen MR) is 193 cm³/mol. The van der Waals surface area contributed by atoms with Crippen LogP contribution in [-0.2, 0) is 12.1 Å². The summed E-state index contributed by atoms with van der Waals surface area (Å²) >= 11 is 0. The Bertz CT molecular complexity index is 1980. The Morgan fingerprint density at radius 2 is 1.21 bits per heavy atom. The number of rotatable bonds is 11. The van der Waals surface area contributed by atoms with Gasteiger partial charge in [0.1, 0.15) is 5.54 Å². The fraction of sp³-hybridized carbons (Fsp3) is 0.122. The van der Waals surface area contributed by atoms with E-state index in [1.54, 1.807) is 6.20 Å². The zero-order valence-electron chi connectivity index (χ0n) is 26.9. The van der Waals surface area contributed by atoms with Crippen LogP contribution in [0.5, 0.6) is 0 Å². The molecule has 7 aromatic rings. The van der Waals surface area contributed by atoms with Crippen LogP contribution >= 0.6 is 0 Å². The van der Waals surface area contributed by atoms with E-state index in [0.717, 1.165) is 52.2 Å². The first kappa shape index (κ1) is 30.6. The molecule has 7 rings (SSSR count). The Morgan fingerprint density at radius 1 is 0.646 bits per heavy atom. The predicted octanol–water partition coefficient (Wildman–Crippen LogP) is 8.24. The van der Waals surface area contributed by atoms with Gasteiger partial charge in [-0.2, -0.15) is 0 Å². The fourth-order valence-electron chi connectivity index (χ4n) is 6.63. The van der Waals surface area contributed by atoms with Crippen LogP contribution in [0.1, 0.15) is 35.6 Å². The van der Waals surface area contributed by atoms with Crippen molar-refractivity contribution in [1.82, 2.24) is 25.2 Å². The summed E-state index contributed by atoms with van der Waals surface area (Å²) in [6.45, 7) is 3.74. The highest BCUT2D eigenvalue weighted by atomic mass is 15.6. The average Bonchev–Trinajstić information content (AvgIpc) is 3.64. The lowest BCUT2D eigenvalue weighted by molar-refractivity contribution is 0.451. The van der Waals surface area contributed by atoms with E-state index in [4.69, 9.17) is 16.0 Å². The zero-order valence-corrected chi connectivity index (χ0v) is 26.9. The van der Waals surface area contributed by atoms with Gasteiger partial charge in [0.15, 0.2) is 11.6 Å². The summed E-state index contributed by atoms with van der Waals surface area (Å²) in [5, 5.41) is 13.8. The van der Waals surface area contributed by atoms with Gasteiger partial charge in [0.2, 0.25) is 0 Å². The van der Waals surface area contributed by atoms with Gasteiger partial charge in [-0.05, 0) is 62.4 Å². The maximum Gasteiger partial charge on any atom is 0.184 e. The molecular weight excluding hydrogens is 591 g/mol. The van der Waals surface area contributed by atoms with Gasteiger partial charge in [0.05, 0.1) is 5.69 Å². The Balaban J connectivity index is 1.33. The molecule has 2 N–H and O–H groups in total. The lowest BCUT2D eigenvalue weighted by Gasteiger charge is -2.36. The van der Waals surface area contributed by atoms with E-state index in [1.165, 1.54) is 5.56 Å². The van der Waals surface area contributed by atoms with Crippen LogP contribution in [-0.4, -0.2) is 31.7 Å². The summed E-state index contributed by atoms with van der Waals surface area (Å²) < 4.78 is 1.99. The van der Waals surface area contributed by atoms with Gasteiger partial charge in [0, 0.05) is 24.8 Å². The van der Waals surface area contributed by atoms with Gasteiger partial charge in [-0.15, -0.1) is 5.10 Å². The Labute approximate surface area is 281 Å². The molecule has 0 radical (unpaired) electrons. The molecule has 0 aliphatic heterocycles. The van der Waals surface area contributed by atoms with Crippen LogP contribution in [0.15, 0.2) is 158 Å². The second-order valence-electron chi connectivity index (χ2n) is 11.8. The summed E-state index contributed by atoms with van der Waals surface area (Å²) in [6, 6.07) is 52.2. The van der Waals surface area contributed by atoms with Gasteiger partial charge in [0.25, 0.3) is 0 Å². The summed E-state index contributed by atoms with van der Waals surface area (Å²) in [5.41, 5.74) is 13.6. The molecular formula is C41H37N7. The zero-order chi connectivity index (χ0) is 32.8. The van der Waals surface area contributed by atoms with Crippen LogP contribution in [0, 0.1) is 0 Å². The number of nitrogen functional groups attached to an aromatic ring is 1. The fourth-order valence-corrected chi connectivity index (χ4v) is 6.63. The molecule has 7 heteroatoms. The van der Waals surface area contributed by atoms with Gasteiger partial charge in [-0.3, -0.25) is 0 Å². The van der Waals surface area contributed by atoms with Crippen molar-refractivity contribution in [2.75, 3.05) is 17.2 Å². The van der Waals surface area contributed by atoms with E-state index >= 15 is 0 Å². The van der Waals surface area contributed by atoms with Gasteiger partial charge < -0.3 is 10.6 Å². The van der Waals surface area contributed by atoms with Crippen molar-refractivity contribution in [2.45, 2.75) is 25.4 Å². The molecule has 0 atom stereocenters. The number of nitrogens with zero attached hydrogens (tertiary/aromatic N) is 6. The highest BCUT2D eigenvalue weighted by Crippen LogP contribution is 2.43. The van der Waals surface area contributed by atoms with E-state index in [2.05, 4.69) is 137 Å². The maximum absolute atomic E-state index is 6.30. The van der Waals surface area contributed by atoms with Crippen LogP contribution in [0.4, 0.5) is 11.5 Å². The minimum absolute atomic E-state index is 0.672. The summed E-state index contributed by atoms with van der Waals surface area (Å²) in [5.74, 6) is 1.49. The first-order valence-electron chi connectivity index (χ1n) is 16.3. The summed E-state index contributed by atoms with van der Waals surface area (Å²) in [4.78, 5) is 6.81. The molecule has 0 bridgehead atoms. The van der Waals surface area contributed by atoms with Crippen molar-refractivity contribution in [3.63, 3.8) is 0 Å². The molecule has 2 aromatic heterocycles. The smallest absolute Gasteiger partial charge is 0.184 e. The maximum atomic E-state index is 6.30. The highest BCUT2D eigenvalue weighted by molar-refractivity contribution is 5.81. The van der Waals surface area contributed by atoms with E-state index < -0.39 is 5.54 Å². The van der Waals surface area contributed by atoms with Crippen molar-refractivity contribution < 1.29 is 0 Å². The quantitative estimate of drug-likeness (QED) is 0.145. The monoisotopic (exact) mass is 627 g/mol. The highest BCUT2D eigenvalue weighted by Gasteiger charge is 2.42. The van der Waals surface area contributed by atoms with Gasteiger partial charge in [-0.1, -0.05) is 146 Å². The number of benzene rings is 5. The molecule has 0 aliphatic carbocycles. The second-order valence-corrected chi connectivity index (χ2v) is 11.8. The van der Waals surface area contributed by atoms with E-state index in [1.807, 2.05) is 41.1 Å². The van der Waals surface area contributed by atoms with Crippen LogP contribution in [0.2, 0.25) is 0 Å². The Hall–Kier alpha value is -6.08. The molecule has 0 saturated carbocycles. The number of aromatic nitrogens is 5. The third-order valence-electron chi connectivity index (χ3n) is 8.78. The first-order valence-corrected chi connectivity index (χ1v) is 16.3. The van der Waals surface area contributed by atoms with Crippen molar-refractivity contribution >= 4 is 11.5 Å². The lowest BCUT2D eigenvalue weighted by Crippen LogP contribution is -2.39. The number of pyridine rings is 1. The van der Waals surface area contributed by atoms with Crippen molar-refractivity contribution in [3.05, 3.63) is 180 Å². The third-order valence-corrected chi connectivity index (χ3v) is 8.78. The molecule has 0 saturated heterocycles. The van der Waals surface area contributed by atoms with Gasteiger partial charge in [-0.25, -0.2) is 9.67 Å². The normalized spacial score (nSPS) is 11.4. The summed E-state index contributed by atoms with van der Waals surface area (Å²) in [6.07, 6.45) is 2.79. The third kappa shape index (κ3) is 5.71. The molecule has 0 fully saturated rings. The Morgan fingerprint density at radius 3 is 1.77 bits per heavy atom. The molecule has 0 spiro atoms. The number of nitrogens with two attached hydrogens (primary N) is 1. The Kier molecular flexibility index (Phi) is 8.74. The molecule has 0 aliphatic rings. The van der Waals surface area contributed by atoms with E-state index in [9.17, 15) is 0 Å². The minimum atomic E-state index is -0.838. The second kappa shape index (κ2) is 13.7. The molecule has 0 amide bonds. The van der Waals surface area contributed by atoms with Crippen LogP contribution < -0.4 is 10.6 Å². The lowest BCUT2D eigenvalue weighted by atomic mass is 9.77. The molecule has 7 nitrogen and oxygen atoms in total. The van der Waals surface area contributed by atoms with Crippen LogP contribution in [0.3, 0.4) is 0 Å². The number of anilines is 2. The van der Waals surface area contributed by atoms with Gasteiger partial charge >= 0.3 is 0 Å². The topological polar surface area (TPSA) is 85.8 Å². The van der Waals surface area contributed by atoms with Crippen molar-refractivity contribution in [1.29, 1.82) is 0 Å². The molecule has 48 heavy (non-hydrogen) atoms. The molecule has 2 heterocycles. The SMILES string of the molecule is CCCN(Cc1ccc(-c2ccccc2-c2nnnn2C(c2ccccc2)(c2ccccc2)c2ccccc2)cc1)c1ncccc1N. The van der Waals surface area contributed by atoms with Crippen molar-refractivity contribution in [3.8, 4) is 22.5 Å². The van der Waals surface area contributed by atoms with Crippen molar-refractivity contribution in [2.24, 2.45) is 0 Å². The molecule has 0 unspecified atom stereocenters. The van der Waals surface area contributed by atoms with E-state index in [-0.39, 0.29) is 0 Å². The summed E-state index contributed by atoms with van der Waals surface area (Å²) in [7, 11) is 0. The number of hydrogen-bond donors (Lipinski definition) is 1. The molecule has 5 aromatic carbocycles. The largest absolute Gasteiger partial charge is 0.396 e. The minimum Gasteiger partial charge on any atom is -0.396 e. The van der Waals surface area contributed by atoms with Crippen LogP contribution in [0.25, 0.3) is 22.5 Å². The van der Waals surface area contributed by atoms with E-state index in [0.29, 0.717) is 18.1 Å². The number of hydrogen-bond acceptors (Lipinski definition) is 6. The average molecular weight is 628 g/mol. The standard InChI is InChI=1S/C41H37N7/c1-2-29-47(40-38(42)23-14-28-43-40)30-31-24-26-32(27-25-31)36-21-12-13-22-37(36)39-44-45-46-48(39)41(33-15-6-3-7-16-33,34-17-8-4-9-18-34)35-19-10-5-11-20-35/h3-28H,2,29-30,42H2,1H3. The first-order chi connectivity index (χ1) is 23.7. The number of tetrazole rings is 1. The molecule has 236 valence electrons.